The van der Waals surface area contributed by atoms with E-state index in [4.69, 9.17) is 5.11 Å². The van der Waals surface area contributed by atoms with Crippen LogP contribution in [0.4, 0.5) is 0 Å². The molecule has 18 heavy (non-hydrogen) atoms. The van der Waals surface area contributed by atoms with Gasteiger partial charge in [0, 0.05) is 12.2 Å². The van der Waals surface area contributed by atoms with E-state index in [0.717, 1.165) is 6.08 Å². The molecule has 4 N–H and O–H groups in total. The first-order valence-corrected chi connectivity index (χ1v) is 4.80. The van der Waals surface area contributed by atoms with Gasteiger partial charge in [-0.3, -0.25) is 20.4 Å². The van der Waals surface area contributed by atoms with Crippen LogP contribution < -0.4 is 10.9 Å². The van der Waals surface area contributed by atoms with E-state index in [1.807, 2.05) is 10.9 Å². The molecule has 1 aromatic carbocycles. The molecule has 0 aliphatic rings. The van der Waals surface area contributed by atoms with Crippen LogP contribution in [0.15, 0.2) is 36.4 Å². The minimum Gasteiger partial charge on any atom is -0.507 e. The molecule has 0 aliphatic heterocycles. The summed E-state index contributed by atoms with van der Waals surface area (Å²) in [7, 11) is 0. The lowest BCUT2D eigenvalue weighted by Gasteiger charge is -2.06. The molecule has 0 unspecified atom stereocenters. The standard InChI is InChI=1S/C11H10N2O5/c14-8-4-2-1-3-7(8)11(18)13-12-9(15)5-6-10(16)17/h1-6,14H,(H,12,15)(H,13,18)(H,16,17). The number of carbonyl (C=O) groups is 3. The van der Waals surface area contributed by atoms with Gasteiger partial charge in [0.05, 0.1) is 5.56 Å². The van der Waals surface area contributed by atoms with Crippen molar-refractivity contribution in [3.8, 4) is 5.75 Å². The van der Waals surface area contributed by atoms with E-state index in [9.17, 15) is 19.5 Å². The molecule has 94 valence electrons. The summed E-state index contributed by atoms with van der Waals surface area (Å²) in [5.74, 6) is -3.03. The van der Waals surface area contributed by atoms with Gasteiger partial charge in [0.15, 0.2) is 0 Å². The second-order valence-electron chi connectivity index (χ2n) is 3.13. The Kier molecular flexibility index (Phi) is 4.44. The third-order valence-corrected chi connectivity index (χ3v) is 1.83. The maximum absolute atomic E-state index is 11.5. The number of aliphatic carboxylic acids is 1. The summed E-state index contributed by atoms with van der Waals surface area (Å²) < 4.78 is 0. The molecule has 1 rings (SSSR count). The normalized spacial score (nSPS) is 10.0. The molecule has 0 saturated heterocycles. The molecule has 0 aromatic heterocycles. The Balaban J connectivity index is 2.55. The smallest absolute Gasteiger partial charge is 0.328 e. The molecule has 0 saturated carbocycles. The lowest BCUT2D eigenvalue weighted by atomic mass is 10.2. The van der Waals surface area contributed by atoms with Crippen molar-refractivity contribution in [1.29, 1.82) is 0 Å². The molecule has 0 fully saturated rings. The first-order valence-electron chi connectivity index (χ1n) is 4.80. The van der Waals surface area contributed by atoms with E-state index in [1.54, 1.807) is 12.1 Å². The number of hydrogen-bond acceptors (Lipinski definition) is 4. The lowest BCUT2D eigenvalue weighted by Crippen LogP contribution is -2.40. The zero-order chi connectivity index (χ0) is 13.5. The Labute approximate surface area is 102 Å². The zero-order valence-electron chi connectivity index (χ0n) is 9.08. The number of aromatic hydroxyl groups is 1. The lowest BCUT2D eigenvalue weighted by molar-refractivity contribution is -0.131. The van der Waals surface area contributed by atoms with Crippen molar-refractivity contribution in [3.05, 3.63) is 42.0 Å². The number of carboxylic acids is 1. The predicted octanol–water partition coefficient (Wildman–Crippen LogP) is -0.206. The van der Waals surface area contributed by atoms with Crippen LogP contribution in [0, 0.1) is 0 Å². The van der Waals surface area contributed by atoms with Crippen molar-refractivity contribution in [2.24, 2.45) is 0 Å². The molecule has 2 amide bonds. The van der Waals surface area contributed by atoms with Gasteiger partial charge in [-0.05, 0) is 12.1 Å². The number of hydrogen-bond donors (Lipinski definition) is 4. The number of hydrazine groups is 1. The molecule has 0 atom stereocenters. The Morgan fingerprint density at radius 3 is 2.33 bits per heavy atom. The van der Waals surface area contributed by atoms with Gasteiger partial charge in [-0.25, -0.2) is 4.79 Å². The molecule has 0 bridgehead atoms. The Morgan fingerprint density at radius 1 is 1.06 bits per heavy atom. The number of carbonyl (C=O) groups excluding carboxylic acids is 2. The quantitative estimate of drug-likeness (QED) is 0.437. The maximum Gasteiger partial charge on any atom is 0.328 e. The minimum atomic E-state index is -1.28. The fourth-order valence-corrected chi connectivity index (χ4v) is 1.04. The average Bonchev–Trinajstić information content (AvgIpc) is 2.34. The summed E-state index contributed by atoms with van der Waals surface area (Å²) in [6.45, 7) is 0. The number of amides is 2. The van der Waals surface area contributed by atoms with Gasteiger partial charge in [0.25, 0.3) is 11.8 Å². The van der Waals surface area contributed by atoms with E-state index in [-0.39, 0.29) is 11.3 Å². The Morgan fingerprint density at radius 2 is 1.72 bits per heavy atom. The Bertz CT molecular complexity index is 510. The third kappa shape index (κ3) is 3.97. The van der Waals surface area contributed by atoms with Crippen molar-refractivity contribution in [1.82, 2.24) is 10.9 Å². The largest absolute Gasteiger partial charge is 0.507 e. The van der Waals surface area contributed by atoms with Crippen LogP contribution in [0.2, 0.25) is 0 Å². The zero-order valence-corrected chi connectivity index (χ0v) is 9.08. The highest BCUT2D eigenvalue weighted by Crippen LogP contribution is 2.14. The van der Waals surface area contributed by atoms with Crippen LogP contribution in [0.1, 0.15) is 10.4 Å². The SMILES string of the molecule is O=C(O)C=CC(=O)NNC(=O)c1ccccc1O. The van der Waals surface area contributed by atoms with E-state index in [1.165, 1.54) is 12.1 Å². The van der Waals surface area contributed by atoms with Gasteiger partial charge in [0.2, 0.25) is 0 Å². The van der Waals surface area contributed by atoms with Crippen molar-refractivity contribution in [3.63, 3.8) is 0 Å². The fraction of sp³-hybridized carbons (Fsp3) is 0. The maximum atomic E-state index is 11.5. The summed E-state index contributed by atoms with van der Waals surface area (Å²) in [5, 5.41) is 17.6. The second-order valence-corrected chi connectivity index (χ2v) is 3.13. The molecular weight excluding hydrogens is 240 g/mol. The molecule has 0 radical (unpaired) electrons. The number of para-hydroxylation sites is 1. The number of benzene rings is 1. The van der Waals surface area contributed by atoms with Crippen LogP contribution in [0.3, 0.4) is 0 Å². The summed E-state index contributed by atoms with van der Waals surface area (Å²) >= 11 is 0. The number of carboxylic acid groups (broad SMARTS) is 1. The predicted molar refractivity (Wildman–Crippen MR) is 60.5 cm³/mol. The van der Waals surface area contributed by atoms with Gasteiger partial charge < -0.3 is 10.2 Å². The topological polar surface area (TPSA) is 116 Å². The number of nitrogens with one attached hydrogen (secondary N) is 2. The van der Waals surface area contributed by atoms with Gasteiger partial charge in [-0.2, -0.15) is 0 Å². The van der Waals surface area contributed by atoms with E-state index >= 15 is 0 Å². The van der Waals surface area contributed by atoms with Crippen LogP contribution in [-0.4, -0.2) is 28.0 Å². The highest BCUT2D eigenvalue weighted by Gasteiger charge is 2.09. The molecule has 7 nitrogen and oxygen atoms in total. The first-order chi connectivity index (χ1) is 8.50. The molecule has 7 heteroatoms. The van der Waals surface area contributed by atoms with Gasteiger partial charge >= 0.3 is 5.97 Å². The Hall–Kier alpha value is -2.83. The van der Waals surface area contributed by atoms with Crippen molar-refractivity contribution in [2.75, 3.05) is 0 Å². The summed E-state index contributed by atoms with van der Waals surface area (Å²) in [5.41, 5.74) is 3.97. The van der Waals surface area contributed by atoms with Gasteiger partial charge in [-0.15, -0.1) is 0 Å². The summed E-state index contributed by atoms with van der Waals surface area (Å²) in [4.78, 5) is 32.6. The van der Waals surface area contributed by atoms with Crippen molar-refractivity contribution < 1.29 is 24.6 Å². The number of rotatable bonds is 3. The van der Waals surface area contributed by atoms with Crippen molar-refractivity contribution >= 4 is 17.8 Å². The van der Waals surface area contributed by atoms with Gasteiger partial charge in [-0.1, -0.05) is 12.1 Å². The van der Waals surface area contributed by atoms with E-state index in [0.29, 0.717) is 6.08 Å². The van der Waals surface area contributed by atoms with E-state index < -0.39 is 17.8 Å². The summed E-state index contributed by atoms with van der Waals surface area (Å²) in [6.07, 6.45) is 1.37. The third-order valence-electron chi connectivity index (χ3n) is 1.83. The van der Waals surface area contributed by atoms with Crippen molar-refractivity contribution in [2.45, 2.75) is 0 Å². The number of phenolic OH excluding ortho intramolecular Hbond substituents is 1. The highest BCUT2D eigenvalue weighted by atomic mass is 16.4. The average molecular weight is 250 g/mol. The first kappa shape index (κ1) is 13.2. The second kappa shape index (κ2) is 6.04. The minimum absolute atomic E-state index is 0.0139. The van der Waals surface area contributed by atoms with Crippen LogP contribution in [-0.2, 0) is 9.59 Å². The van der Waals surface area contributed by atoms with Gasteiger partial charge in [0.1, 0.15) is 5.75 Å². The molecule has 0 aliphatic carbocycles. The van der Waals surface area contributed by atoms with Crippen LogP contribution in [0.25, 0.3) is 0 Å². The molecule has 0 heterocycles. The molecule has 0 spiro atoms. The monoisotopic (exact) mass is 250 g/mol. The summed E-state index contributed by atoms with van der Waals surface area (Å²) in [6, 6.07) is 5.77. The van der Waals surface area contributed by atoms with Crippen LogP contribution in [0.5, 0.6) is 5.75 Å². The molecular formula is C11H10N2O5. The highest BCUT2D eigenvalue weighted by molar-refractivity contribution is 5.99. The molecule has 1 aromatic rings. The van der Waals surface area contributed by atoms with E-state index in [2.05, 4.69) is 0 Å². The number of phenols is 1. The fourth-order valence-electron chi connectivity index (χ4n) is 1.04. The van der Waals surface area contributed by atoms with Crippen LogP contribution >= 0.6 is 0 Å².